The Morgan fingerprint density at radius 2 is 2.43 bits per heavy atom. The summed E-state index contributed by atoms with van der Waals surface area (Å²) >= 11 is 1.35. The van der Waals surface area contributed by atoms with Gasteiger partial charge in [0, 0.05) is 17.5 Å². The number of hydrogen-bond acceptors (Lipinski definition) is 3. The SMILES string of the molecule is Cc1sc(C(=O)O)cc1CNC1CC1. The lowest BCUT2D eigenvalue weighted by Gasteiger charge is -2.00. The second-order valence-corrected chi connectivity index (χ2v) is 4.91. The highest BCUT2D eigenvalue weighted by molar-refractivity contribution is 7.14. The van der Waals surface area contributed by atoms with Crippen molar-refractivity contribution in [1.29, 1.82) is 0 Å². The van der Waals surface area contributed by atoms with Gasteiger partial charge in [-0.25, -0.2) is 4.79 Å². The average Bonchev–Trinajstić information content (AvgIpc) is 2.87. The molecule has 1 aromatic rings. The zero-order valence-corrected chi connectivity index (χ0v) is 8.86. The van der Waals surface area contributed by atoms with Crippen LogP contribution in [0.4, 0.5) is 0 Å². The Bertz CT molecular complexity index is 355. The van der Waals surface area contributed by atoms with E-state index in [0.29, 0.717) is 10.9 Å². The largest absolute Gasteiger partial charge is 0.477 e. The Labute approximate surface area is 86.8 Å². The van der Waals surface area contributed by atoms with Crippen LogP contribution in [0.1, 0.15) is 33.0 Å². The maximum Gasteiger partial charge on any atom is 0.345 e. The van der Waals surface area contributed by atoms with Crippen LogP contribution < -0.4 is 5.32 Å². The number of hydrogen-bond donors (Lipinski definition) is 2. The normalized spacial score (nSPS) is 15.8. The second kappa shape index (κ2) is 3.71. The molecule has 0 saturated heterocycles. The molecule has 4 heteroatoms. The summed E-state index contributed by atoms with van der Waals surface area (Å²) in [5.41, 5.74) is 1.12. The lowest BCUT2D eigenvalue weighted by molar-refractivity contribution is 0.0702. The number of thiophene rings is 1. The molecule has 1 heterocycles. The van der Waals surface area contributed by atoms with Gasteiger partial charge in [0.15, 0.2) is 0 Å². The van der Waals surface area contributed by atoms with Gasteiger partial charge in [0.25, 0.3) is 0 Å². The van der Waals surface area contributed by atoms with Crippen LogP contribution in [0.3, 0.4) is 0 Å². The van der Waals surface area contributed by atoms with Gasteiger partial charge in [-0.2, -0.15) is 0 Å². The van der Waals surface area contributed by atoms with E-state index in [4.69, 9.17) is 5.11 Å². The van der Waals surface area contributed by atoms with Gasteiger partial charge in [-0.1, -0.05) is 0 Å². The third kappa shape index (κ3) is 2.13. The Balaban J connectivity index is 2.03. The van der Waals surface area contributed by atoms with Crippen LogP contribution in [0.2, 0.25) is 0 Å². The van der Waals surface area contributed by atoms with Crippen LogP contribution in [0.25, 0.3) is 0 Å². The van der Waals surface area contributed by atoms with Crippen molar-refractivity contribution in [3.63, 3.8) is 0 Å². The lowest BCUT2D eigenvalue weighted by atomic mass is 10.2. The minimum atomic E-state index is -0.823. The van der Waals surface area contributed by atoms with Crippen molar-refractivity contribution in [3.8, 4) is 0 Å². The van der Waals surface area contributed by atoms with Crippen LogP contribution in [-0.4, -0.2) is 17.1 Å². The smallest absolute Gasteiger partial charge is 0.345 e. The number of aromatic carboxylic acids is 1. The van der Waals surface area contributed by atoms with Crippen molar-refractivity contribution in [2.45, 2.75) is 32.4 Å². The average molecular weight is 211 g/mol. The molecule has 0 spiro atoms. The van der Waals surface area contributed by atoms with Gasteiger partial charge < -0.3 is 10.4 Å². The summed E-state index contributed by atoms with van der Waals surface area (Å²) in [7, 11) is 0. The Morgan fingerprint density at radius 3 is 2.93 bits per heavy atom. The van der Waals surface area contributed by atoms with E-state index >= 15 is 0 Å². The lowest BCUT2D eigenvalue weighted by Crippen LogP contribution is -2.15. The molecule has 1 saturated carbocycles. The zero-order chi connectivity index (χ0) is 10.1. The molecule has 1 aliphatic carbocycles. The molecule has 3 nitrogen and oxygen atoms in total. The first-order chi connectivity index (χ1) is 6.66. The summed E-state index contributed by atoms with van der Waals surface area (Å²) in [5, 5.41) is 12.2. The number of carboxylic acid groups (broad SMARTS) is 1. The van der Waals surface area contributed by atoms with E-state index in [9.17, 15) is 4.79 Å². The molecule has 2 rings (SSSR count). The molecule has 76 valence electrons. The fourth-order valence-electron chi connectivity index (χ4n) is 1.34. The predicted octanol–water partition coefficient (Wildman–Crippen LogP) is 2.01. The summed E-state index contributed by atoms with van der Waals surface area (Å²) in [6.07, 6.45) is 2.52. The molecular formula is C10H13NO2S. The van der Waals surface area contributed by atoms with E-state index in [0.717, 1.165) is 17.0 Å². The molecule has 2 N–H and O–H groups in total. The van der Waals surface area contributed by atoms with E-state index < -0.39 is 5.97 Å². The topological polar surface area (TPSA) is 49.3 Å². The van der Waals surface area contributed by atoms with Crippen LogP contribution in [0.5, 0.6) is 0 Å². The minimum Gasteiger partial charge on any atom is -0.477 e. The molecule has 0 amide bonds. The number of aryl methyl sites for hydroxylation is 1. The van der Waals surface area contributed by atoms with Crippen molar-refractivity contribution in [1.82, 2.24) is 5.32 Å². The fourth-order valence-corrected chi connectivity index (χ4v) is 2.22. The first-order valence-electron chi connectivity index (χ1n) is 4.73. The monoisotopic (exact) mass is 211 g/mol. The summed E-state index contributed by atoms with van der Waals surface area (Å²) in [4.78, 5) is 12.3. The number of carboxylic acids is 1. The molecule has 0 unspecified atom stereocenters. The standard InChI is InChI=1S/C10H13NO2S/c1-6-7(5-11-8-2-3-8)4-9(14-6)10(12)13/h4,8,11H,2-3,5H2,1H3,(H,12,13). The van der Waals surface area contributed by atoms with E-state index in [1.165, 1.54) is 24.2 Å². The van der Waals surface area contributed by atoms with Gasteiger partial charge in [0.2, 0.25) is 0 Å². The first-order valence-corrected chi connectivity index (χ1v) is 5.54. The maximum absolute atomic E-state index is 10.7. The molecule has 14 heavy (non-hydrogen) atoms. The van der Waals surface area contributed by atoms with E-state index in [1.54, 1.807) is 6.07 Å². The molecule has 1 fully saturated rings. The molecule has 0 atom stereocenters. The number of nitrogens with one attached hydrogen (secondary N) is 1. The summed E-state index contributed by atoms with van der Waals surface area (Å²) < 4.78 is 0. The van der Waals surface area contributed by atoms with Crippen LogP contribution in [-0.2, 0) is 6.54 Å². The summed E-state index contributed by atoms with van der Waals surface area (Å²) in [5.74, 6) is -0.823. The molecule has 0 aromatic carbocycles. The van der Waals surface area contributed by atoms with Crippen molar-refractivity contribution in [3.05, 3.63) is 21.4 Å². The van der Waals surface area contributed by atoms with Gasteiger partial charge >= 0.3 is 5.97 Å². The van der Waals surface area contributed by atoms with Crippen LogP contribution in [0, 0.1) is 6.92 Å². The van der Waals surface area contributed by atoms with Crippen molar-refractivity contribution >= 4 is 17.3 Å². The Kier molecular flexibility index (Phi) is 2.56. The van der Waals surface area contributed by atoms with Gasteiger partial charge in [-0.3, -0.25) is 0 Å². The zero-order valence-electron chi connectivity index (χ0n) is 8.04. The highest BCUT2D eigenvalue weighted by Gasteiger charge is 2.21. The van der Waals surface area contributed by atoms with Gasteiger partial charge in [0.05, 0.1) is 0 Å². The number of carbonyl (C=O) groups is 1. The molecule has 0 radical (unpaired) electrons. The quantitative estimate of drug-likeness (QED) is 0.801. The molecule has 1 aromatic heterocycles. The maximum atomic E-state index is 10.7. The summed E-state index contributed by atoms with van der Waals surface area (Å²) in [6, 6.07) is 2.44. The Morgan fingerprint density at radius 1 is 1.71 bits per heavy atom. The number of rotatable bonds is 4. The highest BCUT2D eigenvalue weighted by Crippen LogP contribution is 2.24. The molecule has 0 aliphatic heterocycles. The third-order valence-electron chi connectivity index (χ3n) is 2.39. The molecule has 0 bridgehead atoms. The van der Waals surface area contributed by atoms with E-state index in [1.807, 2.05) is 6.92 Å². The fraction of sp³-hybridized carbons (Fsp3) is 0.500. The third-order valence-corrected chi connectivity index (χ3v) is 3.47. The first kappa shape index (κ1) is 9.68. The van der Waals surface area contributed by atoms with Crippen molar-refractivity contribution in [2.24, 2.45) is 0 Å². The molecular weight excluding hydrogens is 198 g/mol. The van der Waals surface area contributed by atoms with Gasteiger partial charge in [-0.15, -0.1) is 11.3 Å². The highest BCUT2D eigenvalue weighted by atomic mass is 32.1. The van der Waals surface area contributed by atoms with Crippen LogP contribution in [0.15, 0.2) is 6.07 Å². The Hall–Kier alpha value is -0.870. The predicted molar refractivity (Wildman–Crippen MR) is 55.9 cm³/mol. The molecule has 1 aliphatic rings. The van der Waals surface area contributed by atoms with E-state index in [-0.39, 0.29) is 0 Å². The van der Waals surface area contributed by atoms with Gasteiger partial charge in [-0.05, 0) is 31.4 Å². The summed E-state index contributed by atoms with van der Waals surface area (Å²) in [6.45, 7) is 2.78. The van der Waals surface area contributed by atoms with Crippen LogP contribution >= 0.6 is 11.3 Å². The minimum absolute atomic E-state index is 0.440. The van der Waals surface area contributed by atoms with Crippen molar-refractivity contribution in [2.75, 3.05) is 0 Å². The van der Waals surface area contributed by atoms with Gasteiger partial charge in [0.1, 0.15) is 4.88 Å². The van der Waals surface area contributed by atoms with Crippen molar-refractivity contribution < 1.29 is 9.90 Å². The second-order valence-electron chi connectivity index (χ2n) is 3.65. The van der Waals surface area contributed by atoms with E-state index in [2.05, 4.69) is 5.32 Å².